The number of nitrogens with two attached hydrogens (primary N) is 1. The Labute approximate surface area is 213 Å². The molecule has 5 N–H and O–H groups in total. The van der Waals surface area contributed by atoms with Crippen molar-refractivity contribution in [2.24, 2.45) is 0 Å². The number of carbonyl (C=O) groups is 1. The van der Waals surface area contributed by atoms with Gasteiger partial charge in [-0.15, -0.1) is 0 Å². The molecule has 1 aliphatic heterocycles. The van der Waals surface area contributed by atoms with E-state index >= 15 is 0 Å². The third-order valence-corrected chi connectivity index (χ3v) is 6.37. The number of aliphatic hydroxyl groups excluding tert-OH is 1. The van der Waals surface area contributed by atoms with Crippen LogP contribution in [0.3, 0.4) is 0 Å². The van der Waals surface area contributed by atoms with Gasteiger partial charge < -0.3 is 26.4 Å². The molecule has 2 aromatic carbocycles. The first-order valence-corrected chi connectivity index (χ1v) is 12.8. The van der Waals surface area contributed by atoms with Gasteiger partial charge in [-0.05, 0) is 49.6 Å². The second-order valence-electron chi connectivity index (χ2n) is 9.28. The summed E-state index contributed by atoms with van der Waals surface area (Å²) in [5.41, 5.74) is 8.97. The number of nitrogens with zero attached hydrogens (tertiary/aromatic N) is 3. The smallest absolute Gasteiger partial charge is 0.229 e. The Bertz CT molecular complexity index is 1170. The first-order chi connectivity index (χ1) is 17.5. The Kier molecular flexibility index (Phi) is 8.51. The van der Waals surface area contributed by atoms with E-state index in [0.29, 0.717) is 34.5 Å². The number of anilines is 4. The number of aromatic nitrogens is 2. The van der Waals surface area contributed by atoms with Crippen molar-refractivity contribution in [3.63, 3.8) is 0 Å². The molecule has 0 saturated carbocycles. The zero-order valence-electron chi connectivity index (χ0n) is 21.1. The lowest BCUT2D eigenvalue weighted by molar-refractivity contribution is 0.0747. The molecular weight excluding hydrogens is 452 g/mol. The van der Waals surface area contributed by atoms with Gasteiger partial charge in [0.2, 0.25) is 5.95 Å². The number of rotatable bonds is 10. The maximum absolute atomic E-state index is 13.0. The number of nitrogen functional groups attached to an aromatic ring is 1. The molecule has 0 bridgehead atoms. The van der Waals surface area contributed by atoms with Crippen LogP contribution in [0.25, 0.3) is 0 Å². The number of aryl methyl sites for hydroxylation is 1. The van der Waals surface area contributed by atoms with Crippen molar-refractivity contribution in [2.75, 3.05) is 35.6 Å². The molecule has 1 fully saturated rings. The summed E-state index contributed by atoms with van der Waals surface area (Å²) >= 11 is 0. The van der Waals surface area contributed by atoms with Crippen LogP contribution in [0.1, 0.15) is 60.8 Å². The van der Waals surface area contributed by atoms with E-state index < -0.39 is 11.9 Å². The largest absolute Gasteiger partial charge is 0.399 e. The zero-order valence-corrected chi connectivity index (χ0v) is 21.1. The van der Waals surface area contributed by atoms with Crippen molar-refractivity contribution in [1.82, 2.24) is 15.3 Å². The van der Waals surface area contributed by atoms with E-state index in [1.165, 1.54) is 0 Å². The molecule has 0 radical (unpaired) electrons. The molecule has 1 saturated heterocycles. The van der Waals surface area contributed by atoms with E-state index in [0.717, 1.165) is 56.8 Å². The second kappa shape index (κ2) is 12.0. The highest BCUT2D eigenvalue weighted by atomic mass is 16.3. The molecule has 2 heterocycles. The number of piperidine rings is 1. The van der Waals surface area contributed by atoms with E-state index in [9.17, 15) is 9.90 Å². The van der Waals surface area contributed by atoms with E-state index in [4.69, 9.17) is 15.7 Å². The molecule has 0 spiro atoms. The number of carbonyl (C=O) groups excluding carboxylic acids is 1. The SMILES string of the molecule is CCCc1cc(N2CCCC(NCC)C2)nc(Nc2cc(N)cc(C(=O)[C@H](O)c3ccccc3)c2)n1. The monoisotopic (exact) mass is 488 g/mol. The molecule has 8 nitrogen and oxygen atoms in total. The quantitative estimate of drug-likeness (QED) is 0.247. The minimum Gasteiger partial charge on any atom is -0.399 e. The van der Waals surface area contributed by atoms with Gasteiger partial charge >= 0.3 is 0 Å². The van der Waals surface area contributed by atoms with Gasteiger partial charge in [0, 0.05) is 47.8 Å². The summed E-state index contributed by atoms with van der Waals surface area (Å²) in [4.78, 5) is 24.9. The summed E-state index contributed by atoms with van der Waals surface area (Å²) in [5.74, 6) is 0.952. The summed E-state index contributed by atoms with van der Waals surface area (Å²) < 4.78 is 0. The fraction of sp³-hybridized carbons (Fsp3) is 0.393. The van der Waals surface area contributed by atoms with Crippen LogP contribution >= 0.6 is 0 Å². The Morgan fingerprint density at radius 2 is 1.97 bits per heavy atom. The third-order valence-electron chi connectivity index (χ3n) is 6.37. The van der Waals surface area contributed by atoms with Crippen molar-refractivity contribution in [1.29, 1.82) is 0 Å². The number of ketones is 1. The van der Waals surface area contributed by atoms with Crippen molar-refractivity contribution in [2.45, 2.75) is 51.7 Å². The third kappa shape index (κ3) is 6.38. The van der Waals surface area contributed by atoms with Crippen LogP contribution in [-0.2, 0) is 6.42 Å². The summed E-state index contributed by atoms with van der Waals surface area (Å²) in [6.07, 6.45) is 2.83. The topological polar surface area (TPSA) is 116 Å². The maximum Gasteiger partial charge on any atom is 0.229 e. The average Bonchev–Trinajstić information content (AvgIpc) is 2.88. The first-order valence-electron chi connectivity index (χ1n) is 12.8. The maximum atomic E-state index is 13.0. The first kappa shape index (κ1) is 25.6. The lowest BCUT2D eigenvalue weighted by Crippen LogP contribution is -2.46. The molecule has 2 atom stereocenters. The number of likely N-dealkylation sites (N-methyl/N-ethyl adjacent to an activating group) is 1. The summed E-state index contributed by atoms with van der Waals surface area (Å²) in [5, 5.41) is 17.4. The summed E-state index contributed by atoms with van der Waals surface area (Å²) in [6.45, 7) is 7.08. The Hall–Kier alpha value is -3.49. The molecule has 0 aliphatic carbocycles. The molecular formula is C28H36N6O2. The van der Waals surface area contributed by atoms with Gasteiger partial charge in [-0.1, -0.05) is 50.6 Å². The highest BCUT2D eigenvalue weighted by Crippen LogP contribution is 2.26. The fourth-order valence-corrected chi connectivity index (χ4v) is 4.67. The summed E-state index contributed by atoms with van der Waals surface area (Å²) in [7, 11) is 0. The molecule has 1 aromatic heterocycles. The Morgan fingerprint density at radius 1 is 1.17 bits per heavy atom. The van der Waals surface area contributed by atoms with Gasteiger partial charge in [0.05, 0.1) is 0 Å². The minimum absolute atomic E-state index is 0.323. The molecule has 1 aliphatic rings. The normalized spacial score (nSPS) is 16.5. The average molecular weight is 489 g/mol. The lowest BCUT2D eigenvalue weighted by atomic mass is 9.99. The number of aliphatic hydroxyl groups is 1. The molecule has 0 amide bonds. The fourth-order valence-electron chi connectivity index (χ4n) is 4.67. The number of benzene rings is 2. The van der Waals surface area contributed by atoms with Crippen LogP contribution in [0.5, 0.6) is 0 Å². The number of hydrogen-bond donors (Lipinski definition) is 4. The van der Waals surface area contributed by atoms with Crippen LogP contribution < -0.4 is 21.3 Å². The van der Waals surface area contributed by atoms with Crippen LogP contribution in [0.15, 0.2) is 54.6 Å². The van der Waals surface area contributed by atoms with E-state index in [1.54, 1.807) is 42.5 Å². The molecule has 36 heavy (non-hydrogen) atoms. The molecule has 1 unspecified atom stereocenters. The van der Waals surface area contributed by atoms with Crippen molar-refractivity contribution < 1.29 is 9.90 Å². The predicted octanol–water partition coefficient (Wildman–Crippen LogP) is 4.25. The van der Waals surface area contributed by atoms with Crippen LogP contribution in [0.4, 0.5) is 23.1 Å². The zero-order chi connectivity index (χ0) is 25.5. The molecule has 8 heteroatoms. The van der Waals surface area contributed by atoms with Gasteiger partial charge in [0.25, 0.3) is 0 Å². The van der Waals surface area contributed by atoms with Gasteiger partial charge in [-0.3, -0.25) is 4.79 Å². The molecule has 190 valence electrons. The second-order valence-corrected chi connectivity index (χ2v) is 9.28. The van der Waals surface area contributed by atoms with E-state index in [1.807, 2.05) is 6.07 Å². The van der Waals surface area contributed by atoms with Gasteiger partial charge in [-0.2, -0.15) is 4.98 Å². The Morgan fingerprint density at radius 3 is 2.72 bits per heavy atom. The highest BCUT2D eigenvalue weighted by Gasteiger charge is 2.22. The highest BCUT2D eigenvalue weighted by molar-refractivity contribution is 6.01. The number of hydrogen-bond acceptors (Lipinski definition) is 8. The number of nitrogens with one attached hydrogen (secondary N) is 2. The van der Waals surface area contributed by atoms with Gasteiger partial charge in [-0.25, -0.2) is 4.98 Å². The van der Waals surface area contributed by atoms with Crippen LogP contribution in [-0.4, -0.2) is 46.5 Å². The minimum atomic E-state index is -1.26. The van der Waals surface area contributed by atoms with Gasteiger partial charge in [0.15, 0.2) is 5.78 Å². The van der Waals surface area contributed by atoms with E-state index in [2.05, 4.69) is 35.4 Å². The van der Waals surface area contributed by atoms with Crippen molar-refractivity contribution >= 4 is 28.9 Å². The predicted molar refractivity (Wildman–Crippen MR) is 145 cm³/mol. The van der Waals surface area contributed by atoms with Crippen LogP contribution in [0, 0.1) is 0 Å². The Balaban J connectivity index is 1.59. The number of Topliss-reactive ketones (excluding diaryl/α,β-unsaturated/α-hetero) is 1. The van der Waals surface area contributed by atoms with Gasteiger partial charge in [0.1, 0.15) is 11.9 Å². The molecule has 3 aromatic rings. The van der Waals surface area contributed by atoms with Crippen LogP contribution in [0.2, 0.25) is 0 Å². The van der Waals surface area contributed by atoms with Crippen molar-refractivity contribution in [3.05, 3.63) is 71.4 Å². The standard InChI is InChI=1S/C28H36N6O2/c1-3-9-22-17-25(34-13-8-12-23(18-34)30-4-2)33-28(31-22)32-24-15-20(14-21(29)16-24)27(36)26(35)19-10-6-5-7-11-19/h5-7,10-11,14-17,23,26,30,35H,3-4,8-9,12-13,18,29H2,1-2H3,(H,31,32,33)/t23?,26-/m1/s1. The molecule has 4 rings (SSSR count). The van der Waals surface area contributed by atoms with Crippen molar-refractivity contribution in [3.8, 4) is 0 Å². The lowest BCUT2D eigenvalue weighted by Gasteiger charge is -2.34. The van der Waals surface area contributed by atoms with E-state index in [-0.39, 0.29) is 0 Å². The summed E-state index contributed by atoms with van der Waals surface area (Å²) in [6, 6.07) is 16.4.